The van der Waals surface area contributed by atoms with Crippen LogP contribution in [0.5, 0.6) is 5.75 Å². The number of amides is 1. The lowest BCUT2D eigenvalue weighted by atomic mass is 10.1. The molecule has 30 heavy (non-hydrogen) atoms. The average Bonchev–Trinajstić information content (AvgIpc) is 2.79. The summed E-state index contributed by atoms with van der Waals surface area (Å²) in [4.78, 5) is 21.2. The van der Waals surface area contributed by atoms with Crippen molar-refractivity contribution in [3.05, 3.63) is 108 Å². The highest BCUT2D eigenvalue weighted by atomic mass is 16.5. The van der Waals surface area contributed by atoms with Gasteiger partial charge in [-0.05, 0) is 55.0 Å². The summed E-state index contributed by atoms with van der Waals surface area (Å²) in [7, 11) is 0. The van der Waals surface area contributed by atoms with E-state index >= 15 is 0 Å². The van der Waals surface area contributed by atoms with Crippen molar-refractivity contribution in [3.63, 3.8) is 0 Å². The number of rotatable bonds is 6. The molecular formula is C25H21N3O2. The van der Waals surface area contributed by atoms with E-state index in [-0.39, 0.29) is 5.91 Å². The number of nitrogens with zero attached hydrogens (tertiary/aromatic N) is 2. The first-order chi connectivity index (χ1) is 14.7. The first-order valence-corrected chi connectivity index (χ1v) is 9.65. The summed E-state index contributed by atoms with van der Waals surface area (Å²) >= 11 is 0. The van der Waals surface area contributed by atoms with E-state index in [1.54, 1.807) is 30.5 Å². The van der Waals surface area contributed by atoms with Gasteiger partial charge >= 0.3 is 0 Å². The molecule has 0 aliphatic heterocycles. The van der Waals surface area contributed by atoms with Gasteiger partial charge in [0.1, 0.15) is 18.2 Å². The summed E-state index contributed by atoms with van der Waals surface area (Å²) in [6.45, 7) is 2.34. The number of aryl methyl sites for hydroxylation is 1. The summed E-state index contributed by atoms with van der Waals surface area (Å²) in [5.74, 6) is 1.24. The lowest BCUT2D eigenvalue weighted by molar-refractivity contribution is 0.102. The number of hydrogen-bond donors (Lipinski definition) is 1. The minimum Gasteiger partial charge on any atom is -0.489 e. The lowest BCUT2D eigenvalue weighted by Gasteiger charge is -2.09. The van der Waals surface area contributed by atoms with E-state index in [0.717, 1.165) is 22.6 Å². The lowest BCUT2D eigenvalue weighted by Crippen LogP contribution is -2.11. The summed E-state index contributed by atoms with van der Waals surface area (Å²) in [6.07, 6.45) is 1.73. The van der Waals surface area contributed by atoms with E-state index in [0.29, 0.717) is 23.7 Å². The number of carbonyl (C=O) groups is 1. The van der Waals surface area contributed by atoms with Crippen molar-refractivity contribution < 1.29 is 9.53 Å². The van der Waals surface area contributed by atoms with Gasteiger partial charge in [0.15, 0.2) is 0 Å². The molecule has 4 rings (SSSR count). The van der Waals surface area contributed by atoms with E-state index in [1.807, 2.05) is 67.6 Å². The maximum absolute atomic E-state index is 12.6. The number of nitrogens with one attached hydrogen (secondary N) is 1. The summed E-state index contributed by atoms with van der Waals surface area (Å²) < 4.78 is 5.78. The molecule has 1 aromatic heterocycles. The van der Waals surface area contributed by atoms with Crippen molar-refractivity contribution in [1.82, 2.24) is 9.97 Å². The van der Waals surface area contributed by atoms with E-state index < -0.39 is 0 Å². The molecule has 5 nitrogen and oxygen atoms in total. The van der Waals surface area contributed by atoms with Crippen LogP contribution in [0, 0.1) is 6.92 Å². The molecule has 0 fully saturated rings. The molecule has 0 saturated carbocycles. The van der Waals surface area contributed by atoms with Gasteiger partial charge in [0.25, 0.3) is 5.91 Å². The Morgan fingerprint density at radius 3 is 2.50 bits per heavy atom. The summed E-state index contributed by atoms with van der Waals surface area (Å²) in [5.41, 5.74) is 4.10. The van der Waals surface area contributed by atoms with Crippen LogP contribution in [0.25, 0.3) is 11.3 Å². The minimum absolute atomic E-state index is 0.180. The van der Waals surface area contributed by atoms with Gasteiger partial charge in [0.2, 0.25) is 0 Å². The quantitative estimate of drug-likeness (QED) is 0.482. The van der Waals surface area contributed by atoms with Crippen molar-refractivity contribution in [2.45, 2.75) is 13.5 Å². The fourth-order valence-corrected chi connectivity index (χ4v) is 3.02. The second-order valence-electron chi connectivity index (χ2n) is 6.82. The van der Waals surface area contributed by atoms with E-state index in [1.165, 1.54) is 0 Å². The monoisotopic (exact) mass is 395 g/mol. The van der Waals surface area contributed by atoms with Crippen LogP contribution < -0.4 is 10.1 Å². The summed E-state index contributed by atoms with van der Waals surface area (Å²) in [6, 6.07) is 26.5. The van der Waals surface area contributed by atoms with Crippen molar-refractivity contribution in [2.24, 2.45) is 0 Å². The van der Waals surface area contributed by atoms with Crippen molar-refractivity contribution in [1.29, 1.82) is 0 Å². The van der Waals surface area contributed by atoms with Gasteiger partial charge in [-0.1, -0.05) is 42.5 Å². The Labute approximate surface area is 175 Å². The smallest absolute Gasteiger partial charge is 0.255 e. The SMILES string of the molecule is Cc1nccc(-c2cccc(NC(=O)c3ccc(OCc4ccccc4)cc3)c2)n1. The Balaban J connectivity index is 1.41. The van der Waals surface area contributed by atoms with Crippen molar-refractivity contribution in [3.8, 4) is 17.0 Å². The highest BCUT2D eigenvalue weighted by Crippen LogP contribution is 2.21. The highest BCUT2D eigenvalue weighted by Gasteiger charge is 2.08. The third-order valence-electron chi connectivity index (χ3n) is 4.56. The molecule has 3 aromatic carbocycles. The molecule has 148 valence electrons. The molecule has 0 aliphatic carbocycles. The Morgan fingerprint density at radius 2 is 1.73 bits per heavy atom. The van der Waals surface area contributed by atoms with Gasteiger partial charge < -0.3 is 10.1 Å². The fourth-order valence-electron chi connectivity index (χ4n) is 3.02. The third-order valence-corrected chi connectivity index (χ3v) is 4.56. The first-order valence-electron chi connectivity index (χ1n) is 9.65. The largest absolute Gasteiger partial charge is 0.489 e. The van der Waals surface area contributed by atoms with Gasteiger partial charge in [-0.3, -0.25) is 4.79 Å². The topological polar surface area (TPSA) is 64.1 Å². The molecule has 0 aliphatic rings. The Bertz CT molecular complexity index is 1140. The molecule has 0 bridgehead atoms. The standard InChI is InChI=1S/C25H21N3O2/c1-18-26-15-14-24(27-18)21-8-5-9-22(16-21)28-25(29)20-10-12-23(13-11-20)30-17-19-6-3-2-4-7-19/h2-16H,17H2,1H3,(H,28,29). The molecule has 0 spiro atoms. The van der Waals surface area contributed by atoms with Crippen molar-refractivity contribution >= 4 is 11.6 Å². The molecule has 5 heteroatoms. The van der Waals surface area contributed by atoms with Crippen molar-refractivity contribution in [2.75, 3.05) is 5.32 Å². The van der Waals surface area contributed by atoms with Crippen LogP contribution >= 0.6 is 0 Å². The predicted molar refractivity (Wildman–Crippen MR) is 117 cm³/mol. The molecule has 0 radical (unpaired) electrons. The zero-order chi connectivity index (χ0) is 20.8. The molecular weight excluding hydrogens is 374 g/mol. The molecule has 1 amide bonds. The normalized spacial score (nSPS) is 10.4. The van der Waals surface area contributed by atoms with E-state index in [4.69, 9.17) is 4.74 Å². The number of aromatic nitrogens is 2. The van der Waals surface area contributed by atoms with Gasteiger partial charge in [-0.15, -0.1) is 0 Å². The first kappa shape index (κ1) is 19.3. The molecule has 0 saturated heterocycles. The Kier molecular flexibility index (Phi) is 5.80. The second-order valence-corrected chi connectivity index (χ2v) is 6.82. The highest BCUT2D eigenvalue weighted by molar-refractivity contribution is 6.04. The molecule has 1 heterocycles. The number of benzene rings is 3. The Morgan fingerprint density at radius 1 is 0.933 bits per heavy atom. The number of hydrogen-bond acceptors (Lipinski definition) is 4. The van der Waals surface area contributed by atoms with Gasteiger partial charge in [-0.25, -0.2) is 9.97 Å². The van der Waals surface area contributed by atoms with Crippen LogP contribution in [0.15, 0.2) is 91.1 Å². The summed E-state index contributed by atoms with van der Waals surface area (Å²) in [5, 5.41) is 2.94. The van der Waals surface area contributed by atoms with Gasteiger partial charge in [0, 0.05) is 23.0 Å². The average molecular weight is 395 g/mol. The van der Waals surface area contributed by atoms with Gasteiger partial charge in [0.05, 0.1) is 5.69 Å². The zero-order valence-electron chi connectivity index (χ0n) is 16.6. The van der Waals surface area contributed by atoms with Crippen LogP contribution in [-0.2, 0) is 6.61 Å². The number of anilines is 1. The second kappa shape index (κ2) is 9.01. The number of carbonyl (C=O) groups excluding carboxylic acids is 1. The minimum atomic E-state index is -0.180. The van der Waals surface area contributed by atoms with Gasteiger partial charge in [-0.2, -0.15) is 0 Å². The predicted octanol–water partition coefficient (Wildman–Crippen LogP) is 5.28. The molecule has 0 atom stereocenters. The fraction of sp³-hybridized carbons (Fsp3) is 0.0800. The van der Waals surface area contributed by atoms with Crippen LogP contribution in [-0.4, -0.2) is 15.9 Å². The molecule has 1 N–H and O–H groups in total. The third kappa shape index (κ3) is 4.89. The zero-order valence-corrected chi connectivity index (χ0v) is 16.6. The van der Waals surface area contributed by atoms with Crippen LogP contribution in [0.3, 0.4) is 0 Å². The maximum atomic E-state index is 12.6. The van der Waals surface area contributed by atoms with Crippen LogP contribution in [0.4, 0.5) is 5.69 Å². The molecule has 4 aromatic rings. The van der Waals surface area contributed by atoms with E-state index in [9.17, 15) is 4.79 Å². The van der Waals surface area contributed by atoms with Crippen LogP contribution in [0.1, 0.15) is 21.7 Å². The van der Waals surface area contributed by atoms with E-state index in [2.05, 4.69) is 15.3 Å². The number of ether oxygens (including phenoxy) is 1. The maximum Gasteiger partial charge on any atom is 0.255 e. The molecule has 0 unspecified atom stereocenters. The van der Waals surface area contributed by atoms with Crippen LogP contribution in [0.2, 0.25) is 0 Å². The Hall–Kier alpha value is -3.99.